The van der Waals surface area contributed by atoms with Crippen LogP contribution >= 0.6 is 0 Å². The van der Waals surface area contributed by atoms with E-state index in [0.29, 0.717) is 25.9 Å². The van der Waals surface area contributed by atoms with Gasteiger partial charge < -0.3 is 10.2 Å². The molecule has 0 bridgehead atoms. The Morgan fingerprint density at radius 2 is 2.00 bits per heavy atom. The van der Waals surface area contributed by atoms with Gasteiger partial charge in [0, 0.05) is 32.5 Å². The molecule has 1 saturated heterocycles. The highest BCUT2D eigenvalue weighted by Crippen LogP contribution is 2.10. The summed E-state index contributed by atoms with van der Waals surface area (Å²) in [5, 5.41) is 2.91. The Morgan fingerprint density at radius 1 is 1.20 bits per heavy atom. The number of hydrogen-bond donors (Lipinski definition) is 1. The SMILES string of the molecule is O=C(CCN1CCCCC1=O)NCCc1ccccc1. The summed E-state index contributed by atoms with van der Waals surface area (Å²) < 4.78 is 0. The number of rotatable bonds is 6. The Balaban J connectivity index is 1.62. The Bertz CT molecular complexity index is 445. The van der Waals surface area contributed by atoms with Crippen LogP contribution in [0.5, 0.6) is 0 Å². The van der Waals surface area contributed by atoms with E-state index in [1.54, 1.807) is 4.90 Å². The van der Waals surface area contributed by atoms with E-state index in [1.165, 1.54) is 5.56 Å². The smallest absolute Gasteiger partial charge is 0.222 e. The third kappa shape index (κ3) is 4.68. The maximum atomic E-state index is 11.7. The molecule has 4 nitrogen and oxygen atoms in total. The number of nitrogens with one attached hydrogen (secondary N) is 1. The summed E-state index contributed by atoms with van der Waals surface area (Å²) in [6.07, 6.45) is 3.92. The molecule has 0 aliphatic carbocycles. The monoisotopic (exact) mass is 274 g/mol. The summed E-state index contributed by atoms with van der Waals surface area (Å²) >= 11 is 0. The molecule has 1 aromatic rings. The number of nitrogens with zero attached hydrogens (tertiary/aromatic N) is 1. The third-order valence-electron chi connectivity index (χ3n) is 3.61. The molecule has 0 saturated carbocycles. The molecule has 2 amide bonds. The van der Waals surface area contributed by atoms with Crippen LogP contribution in [0.15, 0.2) is 30.3 Å². The van der Waals surface area contributed by atoms with Crippen LogP contribution in [0.1, 0.15) is 31.2 Å². The minimum absolute atomic E-state index is 0.0271. The molecule has 0 unspecified atom stereocenters. The van der Waals surface area contributed by atoms with Crippen LogP contribution < -0.4 is 5.32 Å². The van der Waals surface area contributed by atoms with Gasteiger partial charge in [0.2, 0.25) is 11.8 Å². The highest BCUT2D eigenvalue weighted by molar-refractivity contribution is 5.79. The van der Waals surface area contributed by atoms with Crippen molar-refractivity contribution < 1.29 is 9.59 Å². The first-order chi connectivity index (χ1) is 9.75. The highest BCUT2D eigenvalue weighted by atomic mass is 16.2. The Morgan fingerprint density at radius 3 is 2.75 bits per heavy atom. The topological polar surface area (TPSA) is 49.4 Å². The fourth-order valence-electron chi connectivity index (χ4n) is 2.41. The maximum absolute atomic E-state index is 11.7. The highest BCUT2D eigenvalue weighted by Gasteiger charge is 2.18. The van der Waals surface area contributed by atoms with Crippen molar-refractivity contribution in [1.29, 1.82) is 0 Å². The van der Waals surface area contributed by atoms with E-state index < -0.39 is 0 Å². The van der Waals surface area contributed by atoms with Crippen LogP contribution in [0.25, 0.3) is 0 Å². The minimum atomic E-state index is 0.0271. The van der Waals surface area contributed by atoms with Gasteiger partial charge in [-0.25, -0.2) is 0 Å². The van der Waals surface area contributed by atoms with Crippen LogP contribution in [-0.4, -0.2) is 36.3 Å². The molecule has 1 aliphatic heterocycles. The standard InChI is InChI=1S/C16H22N2O2/c19-15(10-13-18-12-5-4-8-16(18)20)17-11-9-14-6-2-1-3-7-14/h1-3,6-7H,4-5,8-13H2,(H,17,19). The summed E-state index contributed by atoms with van der Waals surface area (Å²) in [6, 6.07) is 10.1. The molecule has 1 fully saturated rings. The zero-order chi connectivity index (χ0) is 14.2. The van der Waals surface area contributed by atoms with Crippen LogP contribution in [0, 0.1) is 0 Å². The van der Waals surface area contributed by atoms with Gasteiger partial charge in [-0.2, -0.15) is 0 Å². The lowest BCUT2D eigenvalue weighted by atomic mass is 10.1. The molecule has 0 radical (unpaired) electrons. The van der Waals surface area contributed by atoms with Crippen LogP contribution in [0.2, 0.25) is 0 Å². The predicted molar refractivity (Wildman–Crippen MR) is 78.2 cm³/mol. The zero-order valence-corrected chi connectivity index (χ0v) is 11.8. The lowest BCUT2D eigenvalue weighted by Gasteiger charge is -2.26. The number of carbonyl (C=O) groups excluding carboxylic acids is 2. The van der Waals surface area contributed by atoms with Gasteiger partial charge in [-0.15, -0.1) is 0 Å². The molecule has 0 aromatic heterocycles. The van der Waals surface area contributed by atoms with Crippen molar-refractivity contribution in [1.82, 2.24) is 10.2 Å². The van der Waals surface area contributed by atoms with E-state index in [2.05, 4.69) is 17.4 Å². The molecular formula is C16H22N2O2. The van der Waals surface area contributed by atoms with Gasteiger partial charge in [-0.05, 0) is 24.8 Å². The lowest BCUT2D eigenvalue weighted by molar-refractivity contribution is -0.133. The molecule has 1 aromatic carbocycles. The Hall–Kier alpha value is -1.84. The minimum Gasteiger partial charge on any atom is -0.356 e. The van der Waals surface area contributed by atoms with Gasteiger partial charge in [0.15, 0.2) is 0 Å². The number of piperidine rings is 1. The molecule has 1 heterocycles. The summed E-state index contributed by atoms with van der Waals surface area (Å²) in [4.78, 5) is 25.1. The number of likely N-dealkylation sites (tertiary alicyclic amines) is 1. The van der Waals surface area contributed by atoms with Crippen molar-refractivity contribution in [3.05, 3.63) is 35.9 Å². The van der Waals surface area contributed by atoms with E-state index in [4.69, 9.17) is 0 Å². The molecular weight excluding hydrogens is 252 g/mol. The first kappa shape index (κ1) is 14.6. The van der Waals surface area contributed by atoms with Crippen molar-refractivity contribution in [3.63, 3.8) is 0 Å². The van der Waals surface area contributed by atoms with Gasteiger partial charge in [-0.3, -0.25) is 9.59 Å². The van der Waals surface area contributed by atoms with Gasteiger partial charge in [0.05, 0.1) is 0 Å². The Labute approximate surface area is 120 Å². The number of amides is 2. The van der Waals surface area contributed by atoms with E-state index in [1.807, 2.05) is 18.2 Å². The maximum Gasteiger partial charge on any atom is 0.222 e. The number of hydrogen-bond acceptors (Lipinski definition) is 2. The first-order valence-corrected chi connectivity index (χ1v) is 7.34. The van der Waals surface area contributed by atoms with Gasteiger partial charge in [0.25, 0.3) is 0 Å². The van der Waals surface area contributed by atoms with Crippen molar-refractivity contribution in [2.75, 3.05) is 19.6 Å². The van der Waals surface area contributed by atoms with Crippen LogP contribution in [0.4, 0.5) is 0 Å². The van der Waals surface area contributed by atoms with E-state index >= 15 is 0 Å². The summed E-state index contributed by atoms with van der Waals surface area (Å²) in [5.41, 5.74) is 1.22. The largest absolute Gasteiger partial charge is 0.356 e. The van der Waals surface area contributed by atoms with Crippen LogP contribution in [-0.2, 0) is 16.0 Å². The van der Waals surface area contributed by atoms with Crippen molar-refractivity contribution in [2.24, 2.45) is 0 Å². The van der Waals surface area contributed by atoms with E-state index in [0.717, 1.165) is 25.8 Å². The quantitative estimate of drug-likeness (QED) is 0.859. The third-order valence-corrected chi connectivity index (χ3v) is 3.61. The fraction of sp³-hybridized carbons (Fsp3) is 0.500. The van der Waals surface area contributed by atoms with Crippen molar-refractivity contribution in [2.45, 2.75) is 32.1 Å². The van der Waals surface area contributed by atoms with E-state index in [9.17, 15) is 9.59 Å². The normalized spacial score (nSPS) is 15.2. The lowest BCUT2D eigenvalue weighted by Crippen LogP contribution is -2.38. The van der Waals surface area contributed by atoms with Crippen molar-refractivity contribution >= 4 is 11.8 Å². The average Bonchev–Trinajstić information content (AvgIpc) is 2.47. The molecule has 20 heavy (non-hydrogen) atoms. The van der Waals surface area contributed by atoms with Crippen molar-refractivity contribution in [3.8, 4) is 0 Å². The molecule has 0 spiro atoms. The molecule has 1 N–H and O–H groups in total. The predicted octanol–water partition coefficient (Wildman–Crippen LogP) is 1.75. The summed E-state index contributed by atoms with van der Waals surface area (Å²) in [6.45, 7) is 2.00. The van der Waals surface area contributed by atoms with Crippen LogP contribution in [0.3, 0.4) is 0 Å². The number of carbonyl (C=O) groups is 2. The first-order valence-electron chi connectivity index (χ1n) is 7.34. The molecule has 1 aliphatic rings. The summed E-state index contributed by atoms with van der Waals surface area (Å²) in [5.74, 6) is 0.215. The molecule has 108 valence electrons. The second-order valence-electron chi connectivity index (χ2n) is 5.17. The van der Waals surface area contributed by atoms with Gasteiger partial charge in [-0.1, -0.05) is 30.3 Å². The fourth-order valence-corrected chi connectivity index (χ4v) is 2.41. The Kier molecular flexibility index (Phi) is 5.59. The second-order valence-corrected chi connectivity index (χ2v) is 5.17. The zero-order valence-electron chi connectivity index (χ0n) is 11.8. The van der Waals surface area contributed by atoms with E-state index in [-0.39, 0.29) is 11.8 Å². The molecule has 4 heteroatoms. The average molecular weight is 274 g/mol. The molecule has 0 atom stereocenters. The number of benzene rings is 1. The summed E-state index contributed by atoms with van der Waals surface area (Å²) in [7, 11) is 0. The van der Waals surface area contributed by atoms with Gasteiger partial charge >= 0.3 is 0 Å². The molecule has 2 rings (SSSR count). The van der Waals surface area contributed by atoms with Gasteiger partial charge in [0.1, 0.15) is 0 Å². The second kappa shape index (κ2) is 7.68.